The molecule has 0 saturated carbocycles. The van der Waals surface area contributed by atoms with E-state index >= 15 is 0 Å². The van der Waals surface area contributed by atoms with Crippen LogP contribution in [0.25, 0.3) is 0 Å². The van der Waals surface area contributed by atoms with Crippen LogP contribution in [0.4, 0.5) is 0 Å². The largest absolute Gasteiger partial charge is 0.357 e. The average Bonchev–Trinajstić information content (AvgIpc) is 3.09. The molecule has 3 aromatic rings. The minimum absolute atomic E-state index is 0. The molecular formula is C24H33IN6O. The Bertz CT molecular complexity index is 1050. The van der Waals surface area contributed by atoms with Gasteiger partial charge in [-0.3, -0.25) is 9.48 Å². The molecule has 0 radical (unpaired) electrons. The summed E-state index contributed by atoms with van der Waals surface area (Å²) >= 11 is 0. The summed E-state index contributed by atoms with van der Waals surface area (Å²) in [6.07, 6.45) is 2.78. The van der Waals surface area contributed by atoms with E-state index < -0.39 is 0 Å². The summed E-state index contributed by atoms with van der Waals surface area (Å²) < 4.78 is 3.75. The van der Waals surface area contributed by atoms with Crippen LogP contribution >= 0.6 is 24.0 Å². The maximum Gasteiger partial charge on any atom is 0.250 e. The van der Waals surface area contributed by atoms with Crippen molar-refractivity contribution < 1.29 is 0 Å². The molecule has 8 heteroatoms. The SMILES string of the molecule is CCNC(=NCc1ccc(Cn2ccccc2=O)cc1)NCCCn1nc(C)cc1C.I. The molecule has 3 rings (SSSR count). The fourth-order valence-corrected chi connectivity index (χ4v) is 3.39. The molecular weight excluding hydrogens is 515 g/mol. The first kappa shape index (κ1) is 25.6. The van der Waals surface area contributed by atoms with Gasteiger partial charge in [-0.05, 0) is 50.5 Å². The van der Waals surface area contributed by atoms with Gasteiger partial charge in [-0.2, -0.15) is 5.10 Å². The fraction of sp³-hybridized carbons (Fsp3) is 0.375. The second-order valence-corrected chi connectivity index (χ2v) is 7.61. The predicted octanol–water partition coefficient (Wildman–Crippen LogP) is 3.47. The molecule has 0 aliphatic carbocycles. The number of hydrogen-bond acceptors (Lipinski definition) is 3. The first-order chi connectivity index (χ1) is 15.0. The van der Waals surface area contributed by atoms with Gasteiger partial charge in [0.05, 0.1) is 18.8 Å². The number of nitrogens with one attached hydrogen (secondary N) is 2. The molecule has 1 aromatic carbocycles. The predicted molar refractivity (Wildman–Crippen MR) is 141 cm³/mol. The maximum atomic E-state index is 11.9. The molecule has 0 aliphatic heterocycles. The van der Waals surface area contributed by atoms with Crippen LogP contribution in [0.3, 0.4) is 0 Å². The van der Waals surface area contributed by atoms with E-state index in [1.807, 2.05) is 23.9 Å². The number of guanidine groups is 1. The Kier molecular flexibility index (Phi) is 10.5. The van der Waals surface area contributed by atoms with Crippen LogP contribution in [-0.4, -0.2) is 33.4 Å². The fourth-order valence-electron chi connectivity index (χ4n) is 3.39. The number of halogens is 1. The number of benzene rings is 1. The summed E-state index contributed by atoms with van der Waals surface area (Å²) in [5, 5.41) is 11.2. The van der Waals surface area contributed by atoms with Gasteiger partial charge in [-0.1, -0.05) is 30.3 Å². The molecule has 0 unspecified atom stereocenters. The second-order valence-electron chi connectivity index (χ2n) is 7.61. The lowest BCUT2D eigenvalue weighted by atomic mass is 10.1. The third-order valence-corrected chi connectivity index (χ3v) is 4.98. The minimum atomic E-state index is 0. The summed E-state index contributed by atoms with van der Waals surface area (Å²) in [5.74, 6) is 0.816. The molecule has 0 aliphatic rings. The number of aryl methyl sites for hydroxylation is 3. The van der Waals surface area contributed by atoms with Crippen molar-refractivity contribution in [3.63, 3.8) is 0 Å². The van der Waals surface area contributed by atoms with Gasteiger partial charge in [0.15, 0.2) is 5.96 Å². The van der Waals surface area contributed by atoms with E-state index in [0.717, 1.165) is 48.8 Å². The average molecular weight is 548 g/mol. The summed E-state index contributed by atoms with van der Waals surface area (Å²) in [7, 11) is 0. The Morgan fingerprint density at radius 3 is 2.47 bits per heavy atom. The summed E-state index contributed by atoms with van der Waals surface area (Å²) in [6.45, 7) is 9.86. The molecule has 2 N–H and O–H groups in total. The van der Waals surface area contributed by atoms with Gasteiger partial charge in [0.1, 0.15) is 0 Å². The van der Waals surface area contributed by atoms with E-state index in [9.17, 15) is 4.79 Å². The standard InChI is InChI=1S/C24H32N6O.HI/c1-4-25-24(26-13-7-15-30-20(3)16-19(2)28-30)27-17-21-9-11-22(12-10-21)18-29-14-6-5-8-23(29)31;/h5-6,8-12,14,16H,4,7,13,15,17-18H2,1-3H3,(H2,25,26,27);1H. The van der Waals surface area contributed by atoms with Crippen LogP contribution in [0.5, 0.6) is 0 Å². The van der Waals surface area contributed by atoms with Crippen molar-refractivity contribution in [2.75, 3.05) is 13.1 Å². The van der Waals surface area contributed by atoms with Crippen LogP contribution in [0.15, 0.2) is 64.5 Å². The zero-order valence-corrected chi connectivity index (χ0v) is 21.4. The smallest absolute Gasteiger partial charge is 0.250 e. The van der Waals surface area contributed by atoms with E-state index in [1.54, 1.807) is 16.7 Å². The molecule has 0 bridgehead atoms. The molecule has 0 fully saturated rings. The highest BCUT2D eigenvalue weighted by atomic mass is 127. The van der Waals surface area contributed by atoms with Crippen molar-refractivity contribution in [2.45, 2.75) is 46.8 Å². The Balaban J connectivity index is 0.00000363. The number of nitrogens with zero attached hydrogens (tertiary/aromatic N) is 4. The summed E-state index contributed by atoms with van der Waals surface area (Å²) in [5.41, 5.74) is 4.48. The highest BCUT2D eigenvalue weighted by molar-refractivity contribution is 14.0. The second kappa shape index (κ2) is 13.0. The summed E-state index contributed by atoms with van der Waals surface area (Å²) in [6, 6.07) is 15.6. The normalized spacial score (nSPS) is 11.2. The third-order valence-electron chi connectivity index (χ3n) is 4.98. The Hall–Kier alpha value is -2.62. The Labute approximate surface area is 207 Å². The maximum absolute atomic E-state index is 11.9. The van der Waals surface area contributed by atoms with Crippen molar-refractivity contribution in [2.24, 2.45) is 4.99 Å². The molecule has 2 aromatic heterocycles. The zero-order chi connectivity index (χ0) is 22.1. The first-order valence-corrected chi connectivity index (χ1v) is 10.8. The zero-order valence-electron chi connectivity index (χ0n) is 19.0. The van der Waals surface area contributed by atoms with Crippen LogP contribution in [0.2, 0.25) is 0 Å². The molecule has 32 heavy (non-hydrogen) atoms. The molecule has 7 nitrogen and oxygen atoms in total. The van der Waals surface area contributed by atoms with E-state index in [0.29, 0.717) is 13.1 Å². The van der Waals surface area contributed by atoms with E-state index in [2.05, 4.69) is 59.9 Å². The van der Waals surface area contributed by atoms with E-state index in [-0.39, 0.29) is 29.5 Å². The first-order valence-electron chi connectivity index (χ1n) is 10.8. The molecule has 0 saturated heterocycles. The highest BCUT2D eigenvalue weighted by Crippen LogP contribution is 2.07. The molecule has 0 amide bonds. The van der Waals surface area contributed by atoms with Crippen molar-refractivity contribution in [1.82, 2.24) is 25.0 Å². The molecule has 172 valence electrons. The van der Waals surface area contributed by atoms with Gasteiger partial charge < -0.3 is 15.2 Å². The van der Waals surface area contributed by atoms with Gasteiger partial charge in [0.2, 0.25) is 0 Å². The third kappa shape index (κ3) is 7.81. The van der Waals surface area contributed by atoms with Crippen LogP contribution in [0.1, 0.15) is 35.9 Å². The number of aliphatic imine (C=N–C) groups is 1. The van der Waals surface area contributed by atoms with Crippen LogP contribution in [-0.2, 0) is 19.6 Å². The van der Waals surface area contributed by atoms with E-state index in [1.165, 1.54) is 5.69 Å². The topological polar surface area (TPSA) is 76.2 Å². The quantitative estimate of drug-likeness (QED) is 0.186. The van der Waals surface area contributed by atoms with Crippen molar-refractivity contribution in [3.05, 3.63) is 87.6 Å². The Morgan fingerprint density at radius 2 is 1.81 bits per heavy atom. The lowest BCUT2D eigenvalue weighted by Gasteiger charge is -2.12. The van der Waals surface area contributed by atoms with Gasteiger partial charge in [0.25, 0.3) is 5.56 Å². The van der Waals surface area contributed by atoms with Crippen LogP contribution in [0, 0.1) is 13.8 Å². The number of aromatic nitrogens is 3. The molecule has 0 spiro atoms. The number of rotatable bonds is 9. The number of pyridine rings is 1. The van der Waals surface area contributed by atoms with Crippen LogP contribution < -0.4 is 16.2 Å². The van der Waals surface area contributed by atoms with Crippen molar-refractivity contribution in [3.8, 4) is 0 Å². The molecule has 2 heterocycles. The van der Waals surface area contributed by atoms with Gasteiger partial charge >= 0.3 is 0 Å². The molecule has 0 atom stereocenters. The lowest BCUT2D eigenvalue weighted by Crippen LogP contribution is -2.38. The Morgan fingerprint density at radius 1 is 1.06 bits per heavy atom. The van der Waals surface area contributed by atoms with Gasteiger partial charge in [-0.25, -0.2) is 4.99 Å². The highest BCUT2D eigenvalue weighted by Gasteiger charge is 2.02. The van der Waals surface area contributed by atoms with E-state index in [4.69, 9.17) is 4.99 Å². The monoisotopic (exact) mass is 548 g/mol. The van der Waals surface area contributed by atoms with Gasteiger partial charge in [0, 0.05) is 37.6 Å². The minimum Gasteiger partial charge on any atom is -0.357 e. The van der Waals surface area contributed by atoms with Crippen molar-refractivity contribution in [1.29, 1.82) is 0 Å². The van der Waals surface area contributed by atoms with Crippen molar-refractivity contribution >= 4 is 29.9 Å². The summed E-state index contributed by atoms with van der Waals surface area (Å²) in [4.78, 5) is 16.6. The van der Waals surface area contributed by atoms with Gasteiger partial charge in [-0.15, -0.1) is 24.0 Å². The number of hydrogen-bond donors (Lipinski definition) is 2. The lowest BCUT2D eigenvalue weighted by molar-refractivity contribution is 0.555.